The minimum atomic E-state index is -3.43. The van der Waals surface area contributed by atoms with Crippen molar-refractivity contribution >= 4 is 5.78 Å². The van der Waals surface area contributed by atoms with E-state index in [1.807, 2.05) is 0 Å². The molecule has 1 heterocycles. The number of carbonyl (C=O) groups excluding carboxylic acids is 1. The Labute approximate surface area is 162 Å². The highest BCUT2D eigenvalue weighted by atomic mass is 16.3. The Kier molecular flexibility index (Phi) is 3.25. The van der Waals surface area contributed by atoms with Crippen LogP contribution in [-0.4, -0.2) is 34.9 Å². The predicted octanol–water partition coefficient (Wildman–Crippen LogP) is 4.24. The number of Topliss-reactive ketones (excluding diaryl/α,β-unsaturated/α-hetero) is 1. The fourth-order valence-electron chi connectivity index (χ4n) is 2.60. The molecule has 3 rings (SSSR count). The summed E-state index contributed by atoms with van der Waals surface area (Å²) in [4.78, 5) is 13.6. The molecule has 1 N–H and O–H groups in total. The van der Waals surface area contributed by atoms with E-state index in [0.717, 1.165) is 7.05 Å². The molecule has 1 aliphatic rings. The highest BCUT2D eigenvalue weighted by molar-refractivity contribution is 5.96. The molecule has 3 nitrogen and oxygen atoms in total. The van der Waals surface area contributed by atoms with Gasteiger partial charge in [-0.2, -0.15) is 0 Å². The molecular weight excluding hydrogens is 310 g/mol. The van der Waals surface area contributed by atoms with Crippen LogP contribution in [0, 0.1) is 0 Å². The minimum Gasteiger partial charge on any atom is -0.388 e. The Morgan fingerprint density at radius 3 is 2.48 bits per heavy atom. The van der Waals surface area contributed by atoms with Gasteiger partial charge in [-0.05, 0) is 31.8 Å². The number of piperidine rings is 1. The SMILES string of the molecule is [2H]C(O)(C[C@@]1([2H])N(C)[C@@]([2H])(CC(=O)c2ccccc2)C([2H])([2H])C([2H])([2H])C1([2H])[2H])c1ccccc1. The molecule has 1 fully saturated rings. The molecule has 0 spiro atoms. The maximum absolute atomic E-state index is 13.0. The Morgan fingerprint density at radius 1 is 1.20 bits per heavy atom. The molecular formula is C22H27NO2. The predicted molar refractivity (Wildman–Crippen MR) is 101 cm³/mol. The van der Waals surface area contributed by atoms with Crippen molar-refractivity contribution in [2.45, 2.75) is 50.1 Å². The fraction of sp³-hybridized carbons (Fsp3) is 0.409. The second-order valence-corrected chi connectivity index (χ2v) is 5.78. The van der Waals surface area contributed by atoms with Crippen molar-refractivity contribution in [3.05, 3.63) is 71.8 Å². The van der Waals surface area contributed by atoms with Crippen molar-refractivity contribution in [1.29, 1.82) is 0 Å². The third-order valence-electron chi connectivity index (χ3n) is 4.09. The fourth-order valence-corrected chi connectivity index (χ4v) is 2.60. The van der Waals surface area contributed by atoms with Crippen molar-refractivity contribution in [3.8, 4) is 0 Å². The van der Waals surface area contributed by atoms with Crippen LogP contribution < -0.4 is 0 Å². The van der Waals surface area contributed by atoms with Gasteiger partial charge in [-0.1, -0.05) is 67.0 Å². The minimum absolute atomic E-state index is 0.0240. The zero-order chi connectivity index (χ0) is 25.8. The van der Waals surface area contributed by atoms with Gasteiger partial charge in [-0.15, -0.1) is 0 Å². The molecule has 0 amide bonds. The molecule has 1 saturated heterocycles. The largest absolute Gasteiger partial charge is 0.388 e. The Morgan fingerprint density at radius 2 is 1.80 bits per heavy atom. The maximum atomic E-state index is 13.0. The van der Waals surface area contributed by atoms with Gasteiger partial charge < -0.3 is 5.11 Å². The van der Waals surface area contributed by atoms with E-state index in [9.17, 15) is 9.90 Å². The first-order chi connectivity index (χ1) is 15.5. The Bertz CT molecular complexity index is 1050. The molecule has 3 atom stereocenters. The van der Waals surface area contributed by atoms with Crippen molar-refractivity contribution in [2.75, 3.05) is 7.05 Å². The lowest BCUT2D eigenvalue weighted by Crippen LogP contribution is -2.45. The van der Waals surface area contributed by atoms with Gasteiger partial charge in [0.15, 0.2) is 5.78 Å². The van der Waals surface area contributed by atoms with Gasteiger partial charge >= 0.3 is 0 Å². The van der Waals surface area contributed by atoms with Gasteiger partial charge in [0.25, 0.3) is 0 Å². The first kappa shape index (κ1) is 9.65. The topological polar surface area (TPSA) is 40.5 Å². The summed E-state index contributed by atoms with van der Waals surface area (Å²) in [5, 5.41) is 10.9. The van der Waals surface area contributed by atoms with E-state index in [1.54, 1.807) is 24.3 Å². The summed E-state index contributed by atoms with van der Waals surface area (Å²) in [7, 11) is 1.06. The van der Waals surface area contributed by atoms with E-state index in [1.165, 1.54) is 36.4 Å². The lowest BCUT2D eigenvalue weighted by molar-refractivity contribution is 0.0549. The van der Waals surface area contributed by atoms with Gasteiger partial charge in [-0.25, -0.2) is 0 Å². The zero-order valence-corrected chi connectivity index (χ0v) is 14.0. The number of carbonyl (C=O) groups is 1. The van der Waals surface area contributed by atoms with Crippen LogP contribution in [0.3, 0.4) is 0 Å². The van der Waals surface area contributed by atoms with E-state index in [2.05, 4.69) is 0 Å². The molecule has 1 aliphatic heterocycles. The van der Waals surface area contributed by atoms with E-state index >= 15 is 0 Å². The maximum Gasteiger partial charge on any atom is 0.164 e. The van der Waals surface area contributed by atoms with Gasteiger partial charge in [-0.3, -0.25) is 9.69 Å². The second kappa shape index (κ2) is 8.41. The zero-order valence-electron chi connectivity index (χ0n) is 23.0. The molecule has 2 aromatic carbocycles. The molecule has 0 bridgehead atoms. The summed E-state index contributed by atoms with van der Waals surface area (Å²) in [5.41, 5.74) is 0.181. The Balaban J connectivity index is 2.14. The summed E-state index contributed by atoms with van der Waals surface area (Å²) >= 11 is 0. The number of rotatable bonds is 6. The van der Waals surface area contributed by atoms with Crippen LogP contribution in [0.25, 0.3) is 0 Å². The lowest BCUT2D eigenvalue weighted by Gasteiger charge is -2.40. The number of likely N-dealkylation sites (tertiary alicyclic amines) is 1. The summed E-state index contributed by atoms with van der Waals surface area (Å²) in [5.74, 6) is -0.684. The second-order valence-electron chi connectivity index (χ2n) is 5.78. The molecule has 132 valence electrons. The third-order valence-corrected chi connectivity index (χ3v) is 4.09. The summed E-state index contributed by atoms with van der Waals surface area (Å²) in [6.07, 6.45) is -14.4. The third kappa shape index (κ3) is 4.56. The standard InChI is InChI=1S/C22H27NO2/c1-23-19(15-21(24)17-9-4-2-5-10-17)13-8-14-20(23)16-22(25)18-11-6-3-7-12-18/h2-7,9-12,19-21,24H,8,13-16H2,1H3/t19-,20+,21?/m0/s1/i8D2,13D2,14D2,19D,20D,21D. The number of aliphatic hydroxyl groups is 1. The molecule has 2 aromatic rings. The van der Waals surface area contributed by atoms with E-state index in [4.69, 9.17) is 12.3 Å². The molecule has 0 aromatic heterocycles. The van der Waals surface area contributed by atoms with Gasteiger partial charge in [0.05, 0.1) is 7.45 Å². The molecule has 1 unspecified atom stereocenters. The van der Waals surface area contributed by atoms with Crippen molar-refractivity contribution in [1.82, 2.24) is 4.90 Å². The van der Waals surface area contributed by atoms with E-state index < -0.39 is 55.9 Å². The Hall–Kier alpha value is -1.97. The van der Waals surface area contributed by atoms with E-state index in [0.29, 0.717) is 4.90 Å². The lowest BCUT2D eigenvalue weighted by atomic mass is 9.88. The number of hydrogen-bond donors (Lipinski definition) is 1. The summed E-state index contributed by atoms with van der Waals surface area (Å²) < 4.78 is 77.1. The average molecular weight is 347 g/mol. The summed E-state index contributed by atoms with van der Waals surface area (Å²) in [6.45, 7) is 0. The van der Waals surface area contributed by atoms with Crippen molar-refractivity contribution in [2.24, 2.45) is 0 Å². The van der Waals surface area contributed by atoms with Crippen LogP contribution in [0.15, 0.2) is 60.7 Å². The van der Waals surface area contributed by atoms with Gasteiger partial charge in [0.1, 0.15) is 0 Å². The monoisotopic (exact) mass is 346 g/mol. The van der Waals surface area contributed by atoms with Crippen LogP contribution in [0.4, 0.5) is 0 Å². The molecule has 3 heteroatoms. The number of ketones is 1. The molecule has 25 heavy (non-hydrogen) atoms. The first-order valence-electron chi connectivity index (χ1n) is 12.6. The van der Waals surface area contributed by atoms with Gasteiger partial charge in [0.2, 0.25) is 0 Å². The number of hydrogen-bond acceptors (Lipinski definition) is 3. The van der Waals surface area contributed by atoms with Crippen LogP contribution >= 0.6 is 0 Å². The quantitative estimate of drug-likeness (QED) is 0.796. The molecule has 0 aliphatic carbocycles. The van der Waals surface area contributed by atoms with Crippen LogP contribution in [0.2, 0.25) is 0 Å². The average Bonchev–Trinajstić information content (AvgIpc) is 2.78. The van der Waals surface area contributed by atoms with E-state index in [-0.39, 0.29) is 11.1 Å². The smallest absolute Gasteiger partial charge is 0.164 e. The van der Waals surface area contributed by atoms with Crippen molar-refractivity contribution < 1.29 is 22.2 Å². The summed E-state index contributed by atoms with van der Waals surface area (Å²) in [6, 6.07) is 9.73. The highest BCUT2D eigenvalue weighted by Gasteiger charge is 2.30. The van der Waals surface area contributed by atoms with Crippen LogP contribution in [0.1, 0.15) is 66.3 Å². The van der Waals surface area contributed by atoms with Gasteiger partial charge in [0, 0.05) is 35.0 Å². The first-order valence-corrected chi connectivity index (χ1v) is 8.06. The number of nitrogens with zero attached hydrogens (tertiary/aromatic N) is 1. The van der Waals surface area contributed by atoms with Crippen LogP contribution in [-0.2, 0) is 0 Å². The van der Waals surface area contributed by atoms with Crippen LogP contribution in [0.5, 0.6) is 0 Å². The van der Waals surface area contributed by atoms with Crippen molar-refractivity contribution in [3.63, 3.8) is 0 Å². The molecule has 0 saturated carbocycles. The number of benzene rings is 2. The normalized spacial score (nSPS) is 41.0. The molecule has 0 radical (unpaired) electrons. The highest BCUT2D eigenvalue weighted by Crippen LogP contribution is 2.30.